The molecule has 0 aromatic carbocycles. The largest absolute Gasteiger partial charge is 0.271 e. The van der Waals surface area contributed by atoms with Crippen molar-refractivity contribution in [2.75, 3.05) is 0 Å². The second-order valence-electron chi connectivity index (χ2n) is 9.06. The van der Waals surface area contributed by atoms with Crippen molar-refractivity contribution in [3.05, 3.63) is 12.7 Å². The summed E-state index contributed by atoms with van der Waals surface area (Å²) in [6, 6.07) is 0.469. The van der Waals surface area contributed by atoms with Gasteiger partial charge in [-0.2, -0.15) is 0 Å². The predicted molar refractivity (Wildman–Crippen MR) is 85.0 cm³/mol. The minimum absolute atomic E-state index is 0.469. The highest BCUT2D eigenvalue weighted by Crippen LogP contribution is 2.70. The first-order chi connectivity index (χ1) is 9.40. The van der Waals surface area contributed by atoms with Crippen LogP contribution in [-0.2, 0) is 0 Å². The van der Waals surface area contributed by atoms with Crippen molar-refractivity contribution in [3.8, 4) is 0 Å². The van der Waals surface area contributed by atoms with E-state index < -0.39 is 0 Å². The lowest BCUT2D eigenvalue weighted by Crippen LogP contribution is -2.56. The van der Waals surface area contributed by atoms with Gasteiger partial charge in [0.1, 0.15) is 0 Å². The van der Waals surface area contributed by atoms with E-state index in [1.165, 1.54) is 44.9 Å². The van der Waals surface area contributed by atoms with Gasteiger partial charge >= 0.3 is 0 Å². The molecule has 0 saturated heterocycles. The highest BCUT2D eigenvalue weighted by Gasteiger charge is 2.59. The van der Waals surface area contributed by atoms with E-state index in [1.807, 2.05) is 6.08 Å². The molecule has 0 spiro atoms. The van der Waals surface area contributed by atoms with Crippen molar-refractivity contribution < 1.29 is 0 Å². The molecule has 0 heterocycles. The Bertz CT molecular complexity index is 371. The van der Waals surface area contributed by atoms with Crippen molar-refractivity contribution in [1.82, 2.24) is 5.43 Å². The van der Waals surface area contributed by atoms with Crippen LogP contribution in [-0.4, -0.2) is 6.04 Å². The molecule has 114 valence electrons. The molecule has 4 fully saturated rings. The van der Waals surface area contributed by atoms with E-state index in [1.54, 1.807) is 0 Å². The van der Waals surface area contributed by atoms with Crippen LogP contribution in [0.25, 0.3) is 0 Å². The summed E-state index contributed by atoms with van der Waals surface area (Å²) in [5.74, 6) is 6.81. The van der Waals surface area contributed by atoms with Crippen molar-refractivity contribution in [1.29, 1.82) is 0 Å². The Morgan fingerprint density at radius 1 is 1.20 bits per heavy atom. The van der Waals surface area contributed by atoms with Gasteiger partial charge in [0.25, 0.3) is 0 Å². The fourth-order valence-corrected chi connectivity index (χ4v) is 7.00. The van der Waals surface area contributed by atoms with Crippen molar-refractivity contribution in [2.45, 2.75) is 77.7 Å². The summed E-state index contributed by atoms with van der Waals surface area (Å²) in [4.78, 5) is 0. The molecule has 20 heavy (non-hydrogen) atoms. The highest BCUT2D eigenvalue weighted by molar-refractivity contribution is 5.10. The third-order valence-electron chi connectivity index (χ3n) is 6.38. The average molecular weight is 276 g/mol. The Morgan fingerprint density at radius 3 is 2.35 bits per heavy atom. The summed E-state index contributed by atoms with van der Waals surface area (Å²) in [6.45, 7) is 8.96. The van der Waals surface area contributed by atoms with E-state index in [0.29, 0.717) is 22.3 Å². The third-order valence-corrected chi connectivity index (χ3v) is 6.38. The molecule has 4 bridgehead atoms. The van der Waals surface area contributed by atoms with E-state index in [9.17, 15) is 0 Å². The normalized spacial score (nSPS) is 47.5. The Hall–Kier alpha value is -0.340. The van der Waals surface area contributed by atoms with Crippen molar-refractivity contribution >= 4 is 0 Å². The first-order valence-electron chi connectivity index (χ1n) is 8.47. The topological polar surface area (TPSA) is 38.0 Å². The number of allylic oxidation sites excluding steroid dienone is 1. The van der Waals surface area contributed by atoms with Crippen LogP contribution in [0, 0.1) is 22.2 Å². The molecule has 0 amide bonds. The lowest BCUT2D eigenvalue weighted by molar-refractivity contribution is -0.150. The van der Waals surface area contributed by atoms with E-state index in [-0.39, 0.29) is 0 Å². The van der Waals surface area contributed by atoms with Gasteiger partial charge in [0.15, 0.2) is 0 Å². The minimum atomic E-state index is 0.469. The number of hydrazine groups is 1. The van der Waals surface area contributed by atoms with Crippen LogP contribution >= 0.6 is 0 Å². The molecule has 0 radical (unpaired) electrons. The summed E-state index contributed by atoms with van der Waals surface area (Å²) in [5, 5.41) is 0. The van der Waals surface area contributed by atoms with E-state index in [4.69, 9.17) is 5.84 Å². The minimum Gasteiger partial charge on any atom is -0.271 e. The molecule has 4 rings (SSSR count). The molecule has 2 heteroatoms. The maximum Gasteiger partial charge on any atom is 0.0218 e. The van der Waals surface area contributed by atoms with Crippen molar-refractivity contribution in [3.63, 3.8) is 0 Å². The maximum atomic E-state index is 5.82. The van der Waals surface area contributed by atoms with Crippen LogP contribution in [0.3, 0.4) is 0 Å². The SMILES string of the molecule is C=CCCC(CC12CC3CC(C)(CC(C)(C3)C1)C2)NN. The zero-order valence-electron chi connectivity index (χ0n) is 13.4. The van der Waals surface area contributed by atoms with Gasteiger partial charge in [-0.3, -0.25) is 11.3 Å². The summed E-state index contributed by atoms with van der Waals surface area (Å²) in [5.41, 5.74) is 4.89. The van der Waals surface area contributed by atoms with Gasteiger partial charge in [0.05, 0.1) is 0 Å². The molecule has 3 atom stereocenters. The standard InChI is InChI=1S/C18H32N2/c1-4-5-6-15(20-19)10-18-9-14-7-16(2,12-18)11-17(3,8-14)13-18/h4,14-15,20H,1,5-13,19H2,2-3H3. The van der Waals surface area contributed by atoms with Gasteiger partial charge in [-0.05, 0) is 80.0 Å². The number of rotatable bonds is 6. The van der Waals surface area contributed by atoms with Gasteiger partial charge in [-0.25, -0.2) is 0 Å². The average Bonchev–Trinajstić information content (AvgIpc) is 2.29. The highest BCUT2D eigenvalue weighted by atomic mass is 15.2. The molecular weight excluding hydrogens is 244 g/mol. The Labute approximate surface area is 124 Å². The van der Waals surface area contributed by atoms with Gasteiger partial charge in [0, 0.05) is 6.04 Å². The Kier molecular flexibility index (Phi) is 3.53. The molecule has 0 aromatic heterocycles. The van der Waals surface area contributed by atoms with E-state index in [2.05, 4.69) is 25.9 Å². The van der Waals surface area contributed by atoms with Crippen LogP contribution in [0.5, 0.6) is 0 Å². The molecule has 4 saturated carbocycles. The molecule has 0 aromatic rings. The van der Waals surface area contributed by atoms with Crippen molar-refractivity contribution in [2.24, 2.45) is 28.0 Å². The van der Waals surface area contributed by atoms with Crippen LogP contribution < -0.4 is 11.3 Å². The van der Waals surface area contributed by atoms with Gasteiger partial charge in [-0.15, -0.1) is 6.58 Å². The molecule has 4 aliphatic carbocycles. The number of hydrogen-bond acceptors (Lipinski definition) is 2. The maximum absolute atomic E-state index is 5.82. The molecule has 0 aliphatic heterocycles. The van der Waals surface area contributed by atoms with Crippen LogP contribution in [0.2, 0.25) is 0 Å². The molecule has 2 nitrogen and oxygen atoms in total. The zero-order chi connectivity index (χ0) is 14.4. The number of hydrogen-bond donors (Lipinski definition) is 2. The van der Waals surface area contributed by atoms with Gasteiger partial charge in [-0.1, -0.05) is 19.9 Å². The first-order valence-corrected chi connectivity index (χ1v) is 8.47. The molecular formula is C18H32N2. The Balaban J connectivity index is 1.76. The lowest BCUT2D eigenvalue weighted by Gasteiger charge is -2.66. The van der Waals surface area contributed by atoms with Crippen LogP contribution in [0.15, 0.2) is 12.7 Å². The smallest absolute Gasteiger partial charge is 0.0218 e. The van der Waals surface area contributed by atoms with Crippen LogP contribution in [0.4, 0.5) is 0 Å². The number of nitrogens with one attached hydrogen (secondary N) is 1. The summed E-state index contributed by atoms with van der Waals surface area (Å²) < 4.78 is 0. The molecule has 3 N–H and O–H groups in total. The van der Waals surface area contributed by atoms with Gasteiger partial charge < -0.3 is 0 Å². The zero-order valence-corrected chi connectivity index (χ0v) is 13.4. The monoisotopic (exact) mass is 276 g/mol. The van der Waals surface area contributed by atoms with E-state index in [0.717, 1.165) is 18.8 Å². The summed E-state index contributed by atoms with van der Waals surface area (Å²) in [7, 11) is 0. The summed E-state index contributed by atoms with van der Waals surface area (Å²) in [6.07, 6.45) is 14.3. The van der Waals surface area contributed by atoms with Crippen LogP contribution in [0.1, 0.15) is 71.6 Å². The molecule has 4 aliphatic rings. The second-order valence-corrected chi connectivity index (χ2v) is 9.06. The fraction of sp³-hybridized carbons (Fsp3) is 0.889. The molecule has 3 unspecified atom stereocenters. The Morgan fingerprint density at radius 2 is 1.85 bits per heavy atom. The van der Waals surface area contributed by atoms with E-state index >= 15 is 0 Å². The lowest BCUT2D eigenvalue weighted by atomic mass is 9.39. The predicted octanol–water partition coefficient (Wildman–Crippen LogP) is 4.17. The summed E-state index contributed by atoms with van der Waals surface area (Å²) >= 11 is 0. The number of nitrogens with two attached hydrogens (primary N) is 1. The fourth-order valence-electron chi connectivity index (χ4n) is 7.00. The first kappa shape index (κ1) is 14.6. The second kappa shape index (κ2) is 4.84. The van der Waals surface area contributed by atoms with Gasteiger partial charge in [0.2, 0.25) is 0 Å². The third kappa shape index (κ3) is 2.57. The quantitative estimate of drug-likeness (QED) is 0.434.